The Labute approximate surface area is 139 Å². The van der Waals surface area contributed by atoms with Crippen LogP contribution in [0.1, 0.15) is 10.5 Å². The first kappa shape index (κ1) is 14.8. The molecule has 0 unspecified atom stereocenters. The lowest BCUT2D eigenvalue weighted by Gasteiger charge is -2.28. The Hall–Kier alpha value is -2.80. The summed E-state index contributed by atoms with van der Waals surface area (Å²) in [6.07, 6.45) is 1.65. The maximum Gasteiger partial charge on any atom is 0.274 e. The van der Waals surface area contributed by atoms with Gasteiger partial charge in [0.2, 0.25) is 6.79 Å². The highest BCUT2D eigenvalue weighted by atomic mass is 16.7. The third-order valence-corrected chi connectivity index (χ3v) is 3.98. The van der Waals surface area contributed by atoms with Crippen LogP contribution in [-0.2, 0) is 4.74 Å². The number of ether oxygens (including phenoxy) is 3. The summed E-state index contributed by atoms with van der Waals surface area (Å²) in [7, 11) is 0. The maximum absolute atomic E-state index is 12.5. The summed E-state index contributed by atoms with van der Waals surface area (Å²) in [5.74, 6) is 1.05. The van der Waals surface area contributed by atoms with Gasteiger partial charge in [-0.25, -0.2) is 0 Å². The molecule has 1 saturated heterocycles. The molecule has 1 aromatic carbocycles. The molecule has 7 heteroatoms. The molecule has 2 aliphatic heterocycles. The number of fused-ring (bicyclic) bond motifs is 1. The van der Waals surface area contributed by atoms with Crippen LogP contribution in [0.25, 0.3) is 0 Å². The predicted molar refractivity (Wildman–Crippen MR) is 87.8 cm³/mol. The maximum atomic E-state index is 12.5. The minimum atomic E-state index is -0.260. The lowest BCUT2D eigenvalue weighted by molar-refractivity contribution is 0.102. The second-order valence-corrected chi connectivity index (χ2v) is 5.52. The van der Waals surface area contributed by atoms with E-state index in [9.17, 15) is 4.79 Å². The molecule has 4 rings (SSSR count). The van der Waals surface area contributed by atoms with Crippen LogP contribution >= 0.6 is 0 Å². The Morgan fingerprint density at radius 2 is 1.92 bits per heavy atom. The standard InChI is InChI=1S/C17H17N3O4/c21-17(19-12-1-2-15-16(9-12)24-11-23-15)14-10-13(3-4-18-14)20-5-7-22-8-6-20/h1-4,9-10H,5-8,11H2,(H,19,21). The van der Waals surface area contributed by atoms with E-state index < -0.39 is 0 Å². The summed E-state index contributed by atoms with van der Waals surface area (Å²) >= 11 is 0. The topological polar surface area (TPSA) is 72.9 Å². The van der Waals surface area contributed by atoms with Crippen molar-refractivity contribution < 1.29 is 19.0 Å². The highest BCUT2D eigenvalue weighted by Gasteiger charge is 2.17. The minimum Gasteiger partial charge on any atom is -0.454 e. The summed E-state index contributed by atoms with van der Waals surface area (Å²) in [5, 5.41) is 2.84. The SMILES string of the molecule is O=C(Nc1ccc2c(c1)OCO2)c1cc(N2CCOCC2)ccn1. The van der Waals surface area contributed by atoms with Crippen molar-refractivity contribution in [3.63, 3.8) is 0 Å². The van der Waals surface area contributed by atoms with Gasteiger partial charge in [-0.3, -0.25) is 9.78 Å². The Balaban J connectivity index is 1.50. The fourth-order valence-corrected chi connectivity index (χ4v) is 2.73. The number of aromatic nitrogens is 1. The van der Waals surface area contributed by atoms with E-state index >= 15 is 0 Å². The second-order valence-electron chi connectivity index (χ2n) is 5.52. The molecule has 124 valence electrons. The van der Waals surface area contributed by atoms with Crippen molar-refractivity contribution in [2.24, 2.45) is 0 Å². The smallest absolute Gasteiger partial charge is 0.274 e. The first-order valence-electron chi connectivity index (χ1n) is 7.79. The molecule has 1 N–H and O–H groups in total. The van der Waals surface area contributed by atoms with Crippen molar-refractivity contribution in [1.82, 2.24) is 4.98 Å². The average Bonchev–Trinajstić information content (AvgIpc) is 3.10. The van der Waals surface area contributed by atoms with Gasteiger partial charge in [0.25, 0.3) is 5.91 Å². The molecule has 24 heavy (non-hydrogen) atoms. The van der Waals surface area contributed by atoms with Crippen molar-refractivity contribution in [1.29, 1.82) is 0 Å². The minimum absolute atomic E-state index is 0.204. The van der Waals surface area contributed by atoms with Crippen molar-refractivity contribution >= 4 is 17.3 Å². The van der Waals surface area contributed by atoms with Crippen LogP contribution in [0.4, 0.5) is 11.4 Å². The van der Waals surface area contributed by atoms with Crippen LogP contribution < -0.4 is 19.7 Å². The number of nitrogens with one attached hydrogen (secondary N) is 1. The second kappa shape index (κ2) is 6.37. The summed E-state index contributed by atoms with van der Waals surface area (Å²) in [6, 6.07) is 9.00. The zero-order chi connectivity index (χ0) is 16.4. The molecule has 0 atom stereocenters. The highest BCUT2D eigenvalue weighted by molar-refractivity contribution is 6.03. The van der Waals surface area contributed by atoms with Crippen LogP contribution in [0.5, 0.6) is 11.5 Å². The Kier molecular flexibility index (Phi) is 3.92. The van der Waals surface area contributed by atoms with Crippen LogP contribution in [0.2, 0.25) is 0 Å². The van der Waals surface area contributed by atoms with Gasteiger partial charge in [0.15, 0.2) is 11.5 Å². The number of hydrogen-bond acceptors (Lipinski definition) is 6. The van der Waals surface area contributed by atoms with Gasteiger partial charge in [-0.15, -0.1) is 0 Å². The molecule has 1 fully saturated rings. The van der Waals surface area contributed by atoms with Crippen LogP contribution in [0.3, 0.4) is 0 Å². The third-order valence-electron chi connectivity index (χ3n) is 3.98. The quantitative estimate of drug-likeness (QED) is 0.928. The number of benzene rings is 1. The monoisotopic (exact) mass is 327 g/mol. The molecule has 7 nitrogen and oxygen atoms in total. The molecular weight excluding hydrogens is 310 g/mol. The van der Waals surface area contributed by atoms with Crippen LogP contribution in [0.15, 0.2) is 36.5 Å². The van der Waals surface area contributed by atoms with Gasteiger partial charge in [0.1, 0.15) is 5.69 Å². The van der Waals surface area contributed by atoms with E-state index in [2.05, 4.69) is 15.2 Å². The Morgan fingerprint density at radius 3 is 2.79 bits per heavy atom. The van der Waals surface area contributed by atoms with Crippen molar-refractivity contribution in [2.45, 2.75) is 0 Å². The molecule has 2 aliphatic rings. The zero-order valence-electron chi connectivity index (χ0n) is 13.0. The number of carbonyl (C=O) groups excluding carboxylic acids is 1. The molecule has 0 radical (unpaired) electrons. The fraction of sp³-hybridized carbons (Fsp3) is 0.294. The van der Waals surface area contributed by atoms with E-state index in [1.165, 1.54) is 0 Å². The van der Waals surface area contributed by atoms with Gasteiger partial charge >= 0.3 is 0 Å². The van der Waals surface area contributed by atoms with E-state index in [-0.39, 0.29) is 12.7 Å². The number of hydrogen-bond donors (Lipinski definition) is 1. The number of carbonyl (C=O) groups is 1. The summed E-state index contributed by atoms with van der Waals surface area (Å²) in [5.41, 5.74) is 1.99. The molecule has 1 amide bonds. The zero-order valence-corrected chi connectivity index (χ0v) is 13.0. The average molecular weight is 327 g/mol. The molecule has 2 aromatic rings. The lowest BCUT2D eigenvalue weighted by Crippen LogP contribution is -2.36. The lowest BCUT2D eigenvalue weighted by atomic mass is 10.2. The number of amides is 1. The first-order chi connectivity index (χ1) is 11.8. The molecule has 1 aromatic heterocycles. The van der Waals surface area contributed by atoms with Gasteiger partial charge in [0, 0.05) is 36.7 Å². The fourth-order valence-electron chi connectivity index (χ4n) is 2.73. The summed E-state index contributed by atoms with van der Waals surface area (Å²) in [6.45, 7) is 3.22. The molecule has 0 saturated carbocycles. The van der Waals surface area contributed by atoms with E-state index in [0.29, 0.717) is 36.1 Å². The van der Waals surface area contributed by atoms with Crippen LogP contribution in [0, 0.1) is 0 Å². The van der Waals surface area contributed by atoms with Crippen molar-refractivity contribution in [2.75, 3.05) is 43.3 Å². The van der Waals surface area contributed by atoms with Gasteiger partial charge in [-0.1, -0.05) is 0 Å². The van der Waals surface area contributed by atoms with Crippen molar-refractivity contribution in [3.05, 3.63) is 42.2 Å². The van der Waals surface area contributed by atoms with Crippen molar-refractivity contribution in [3.8, 4) is 11.5 Å². The highest BCUT2D eigenvalue weighted by Crippen LogP contribution is 2.34. The van der Waals surface area contributed by atoms with E-state index in [1.807, 2.05) is 6.07 Å². The summed E-state index contributed by atoms with van der Waals surface area (Å²) < 4.78 is 15.9. The number of pyridine rings is 1. The third kappa shape index (κ3) is 2.98. The predicted octanol–water partition coefficient (Wildman–Crippen LogP) is 1.90. The van der Waals surface area contributed by atoms with E-state index in [0.717, 1.165) is 18.8 Å². The Morgan fingerprint density at radius 1 is 1.08 bits per heavy atom. The molecule has 0 bridgehead atoms. The largest absolute Gasteiger partial charge is 0.454 e. The summed E-state index contributed by atoms with van der Waals surface area (Å²) in [4.78, 5) is 18.8. The molecule has 0 spiro atoms. The molecule has 3 heterocycles. The van der Waals surface area contributed by atoms with Gasteiger partial charge < -0.3 is 24.4 Å². The molecule has 0 aliphatic carbocycles. The number of rotatable bonds is 3. The van der Waals surface area contributed by atoms with E-state index in [4.69, 9.17) is 14.2 Å². The normalized spacial score (nSPS) is 16.1. The Bertz CT molecular complexity index is 759. The first-order valence-corrected chi connectivity index (χ1v) is 7.79. The van der Waals surface area contributed by atoms with E-state index in [1.54, 1.807) is 30.5 Å². The van der Waals surface area contributed by atoms with Gasteiger partial charge in [-0.2, -0.15) is 0 Å². The van der Waals surface area contributed by atoms with Gasteiger partial charge in [-0.05, 0) is 24.3 Å². The number of morpholine rings is 1. The van der Waals surface area contributed by atoms with Gasteiger partial charge in [0.05, 0.1) is 13.2 Å². The van der Waals surface area contributed by atoms with Crippen LogP contribution in [-0.4, -0.2) is 44.0 Å². The molecular formula is C17H17N3O4. The number of nitrogens with zero attached hydrogens (tertiary/aromatic N) is 2. The number of anilines is 2.